The van der Waals surface area contributed by atoms with Gasteiger partial charge in [-0.2, -0.15) is 5.10 Å². The molecule has 0 aliphatic rings. The van der Waals surface area contributed by atoms with Crippen LogP contribution in [0.25, 0.3) is 33.2 Å². The molecule has 0 saturated heterocycles. The van der Waals surface area contributed by atoms with E-state index in [1.54, 1.807) is 18.2 Å². The van der Waals surface area contributed by atoms with Gasteiger partial charge in [0.05, 0.1) is 34.9 Å². The van der Waals surface area contributed by atoms with Crippen LogP contribution in [0.5, 0.6) is 0 Å². The highest BCUT2D eigenvalue weighted by Gasteiger charge is 2.18. The van der Waals surface area contributed by atoms with E-state index in [0.29, 0.717) is 11.1 Å². The average Bonchev–Trinajstić information content (AvgIpc) is 3.11. The molecule has 7 nitrogen and oxygen atoms in total. The minimum atomic E-state index is -0.391. The number of H-pyrrole nitrogens is 1. The summed E-state index contributed by atoms with van der Waals surface area (Å²) >= 11 is 0. The first kappa shape index (κ1) is 18.9. The highest BCUT2D eigenvalue weighted by Crippen LogP contribution is 2.32. The summed E-state index contributed by atoms with van der Waals surface area (Å²) < 4.78 is 4.83. The van der Waals surface area contributed by atoms with Crippen molar-refractivity contribution in [3.05, 3.63) is 47.7 Å². The Balaban J connectivity index is 1.96. The van der Waals surface area contributed by atoms with Crippen LogP contribution in [-0.4, -0.2) is 46.3 Å². The molecule has 0 radical (unpaired) electrons. The molecule has 7 heteroatoms. The third-order valence-electron chi connectivity index (χ3n) is 5.20. The van der Waals surface area contributed by atoms with E-state index in [2.05, 4.69) is 35.0 Å². The SMILES string of the molecule is COC(=O)c1ccc2nc(-c3ccc4[nH]nc(C)c4c3)c(N(C)C(C)C)nc2c1. The fraction of sp³-hybridized carbons (Fsp3) is 0.273. The normalized spacial score (nSPS) is 11.4. The van der Waals surface area contributed by atoms with Crippen molar-refractivity contribution >= 4 is 33.7 Å². The molecule has 2 heterocycles. The number of methoxy groups -OCH3 is 1. The smallest absolute Gasteiger partial charge is 0.337 e. The minimum Gasteiger partial charge on any atom is -0.465 e. The molecule has 0 atom stereocenters. The number of fused-ring (bicyclic) bond motifs is 2. The number of benzene rings is 2. The van der Waals surface area contributed by atoms with E-state index in [0.717, 1.165) is 39.2 Å². The van der Waals surface area contributed by atoms with Gasteiger partial charge in [0.2, 0.25) is 0 Å². The first-order valence-electron chi connectivity index (χ1n) is 9.47. The summed E-state index contributed by atoms with van der Waals surface area (Å²) in [4.78, 5) is 23.8. The molecule has 2 aromatic heterocycles. The quantitative estimate of drug-likeness (QED) is 0.529. The van der Waals surface area contributed by atoms with Crippen molar-refractivity contribution in [3.63, 3.8) is 0 Å². The van der Waals surface area contributed by atoms with Crippen LogP contribution < -0.4 is 4.90 Å². The number of nitrogens with one attached hydrogen (secondary N) is 1. The number of rotatable bonds is 4. The lowest BCUT2D eigenvalue weighted by molar-refractivity contribution is 0.0601. The van der Waals surface area contributed by atoms with Gasteiger partial charge in [0.1, 0.15) is 5.69 Å². The Morgan fingerprint density at radius 2 is 1.90 bits per heavy atom. The van der Waals surface area contributed by atoms with Crippen LogP contribution >= 0.6 is 0 Å². The van der Waals surface area contributed by atoms with Crippen LogP contribution in [0.3, 0.4) is 0 Å². The summed E-state index contributed by atoms with van der Waals surface area (Å²) in [6, 6.07) is 11.6. The number of esters is 1. The predicted octanol–water partition coefficient (Wildman–Crippen LogP) is 4.11. The van der Waals surface area contributed by atoms with Crippen molar-refractivity contribution in [1.82, 2.24) is 20.2 Å². The van der Waals surface area contributed by atoms with E-state index >= 15 is 0 Å². The van der Waals surface area contributed by atoms with Crippen LogP contribution in [0, 0.1) is 6.92 Å². The van der Waals surface area contributed by atoms with E-state index in [9.17, 15) is 4.79 Å². The van der Waals surface area contributed by atoms with E-state index in [1.165, 1.54) is 7.11 Å². The minimum absolute atomic E-state index is 0.226. The molecule has 2 aromatic carbocycles. The first-order valence-corrected chi connectivity index (χ1v) is 9.47. The van der Waals surface area contributed by atoms with Gasteiger partial charge < -0.3 is 9.64 Å². The molecule has 0 fully saturated rings. The average molecular weight is 389 g/mol. The van der Waals surface area contributed by atoms with Gasteiger partial charge in [0, 0.05) is 24.0 Å². The molecular formula is C22H23N5O2. The lowest BCUT2D eigenvalue weighted by Gasteiger charge is -2.25. The second-order valence-corrected chi connectivity index (χ2v) is 7.36. The molecule has 0 aliphatic carbocycles. The fourth-order valence-corrected chi connectivity index (χ4v) is 3.27. The monoisotopic (exact) mass is 389 g/mol. The topological polar surface area (TPSA) is 84.0 Å². The molecule has 0 spiro atoms. The fourth-order valence-electron chi connectivity index (χ4n) is 3.27. The maximum absolute atomic E-state index is 11.9. The Morgan fingerprint density at radius 3 is 2.62 bits per heavy atom. The molecule has 4 aromatic rings. The standard InChI is InChI=1S/C22H23N5O2/c1-12(2)27(4)21-20(14-6-8-17-16(10-14)13(3)25-26-17)23-18-9-7-15(22(28)29-5)11-19(18)24-21/h6-12H,1-5H3,(H,25,26). The van der Waals surface area contributed by atoms with Crippen molar-refractivity contribution in [2.75, 3.05) is 19.1 Å². The molecule has 29 heavy (non-hydrogen) atoms. The molecule has 0 bridgehead atoms. The number of nitrogens with zero attached hydrogens (tertiary/aromatic N) is 4. The zero-order valence-electron chi connectivity index (χ0n) is 17.1. The maximum Gasteiger partial charge on any atom is 0.337 e. The van der Waals surface area contributed by atoms with Crippen molar-refractivity contribution in [3.8, 4) is 11.3 Å². The molecular weight excluding hydrogens is 366 g/mol. The lowest BCUT2D eigenvalue weighted by Crippen LogP contribution is -2.27. The summed E-state index contributed by atoms with van der Waals surface area (Å²) in [6.45, 7) is 6.18. The van der Waals surface area contributed by atoms with Gasteiger partial charge in [-0.3, -0.25) is 5.10 Å². The highest BCUT2D eigenvalue weighted by molar-refractivity contribution is 5.95. The second kappa shape index (κ2) is 7.16. The molecule has 4 rings (SSSR count). The first-order chi connectivity index (χ1) is 13.9. The number of hydrogen-bond donors (Lipinski definition) is 1. The second-order valence-electron chi connectivity index (χ2n) is 7.36. The number of carbonyl (C=O) groups is 1. The number of aromatic nitrogens is 4. The predicted molar refractivity (Wildman–Crippen MR) is 114 cm³/mol. The molecule has 148 valence electrons. The van der Waals surface area contributed by atoms with Gasteiger partial charge in [-0.15, -0.1) is 0 Å². The van der Waals surface area contributed by atoms with E-state index < -0.39 is 5.97 Å². The van der Waals surface area contributed by atoms with E-state index in [1.807, 2.05) is 26.1 Å². The number of carbonyl (C=O) groups excluding carboxylic acids is 1. The van der Waals surface area contributed by atoms with Crippen molar-refractivity contribution in [1.29, 1.82) is 0 Å². The lowest BCUT2D eigenvalue weighted by atomic mass is 10.1. The molecule has 0 unspecified atom stereocenters. The molecule has 1 N–H and O–H groups in total. The van der Waals surface area contributed by atoms with E-state index in [-0.39, 0.29) is 6.04 Å². The molecule has 0 saturated carbocycles. The zero-order chi connectivity index (χ0) is 20.7. The Labute approximate surface area is 168 Å². The molecule has 0 amide bonds. The van der Waals surface area contributed by atoms with Crippen molar-refractivity contribution in [2.24, 2.45) is 0 Å². The van der Waals surface area contributed by atoms with Gasteiger partial charge in [-0.25, -0.2) is 14.8 Å². The number of aryl methyl sites for hydroxylation is 1. The van der Waals surface area contributed by atoms with E-state index in [4.69, 9.17) is 14.7 Å². The summed E-state index contributed by atoms with van der Waals surface area (Å²) in [5.74, 6) is 0.368. The molecule has 0 aliphatic heterocycles. The summed E-state index contributed by atoms with van der Waals surface area (Å²) in [6.07, 6.45) is 0. The van der Waals surface area contributed by atoms with Crippen LogP contribution in [-0.2, 0) is 4.74 Å². The van der Waals surface area contributed by atoms with Gasteiger partial charge in [0.15, 0.2) is 5.82 Å². The maximum atomic E-state index is 11.9. The number of ether oxygens (including phenoxy) is 1. The van der Waals surface area contributed by atoms with Crippen molar-refractivity contribution < 1.29 is 9.53 Å². The summed E-state index contributed by atoms with van der Waals surface area (Å²) in [5.41, 5.74) is 5.52. The van der Waals surface area contributed by atoms with Gasteiger partial charge in [-0.1, -0.05) is 6.07 Å². The van der Waals surface area contributed by atoms with Gasteiger partial charge in [-0.05, 0) is 51.1 Å². The van der Waals surface area contributed by atoms with Crippen LogP contribution in [0.1, 0.15) is 29.9 Å². The van der Waals surface area contributed by atoms with Gasteiger partial charge in [0.25, 0.3) is 0 Å². The van der Waals surface area contributed by atoms with Crippen LogP contribution in [0.4, 0.5) is 5.82 Å². The summed E-state index contributed by atoms with van der Waals surface area (Å²) in [7, 11) is 3.36. The summed E-state index contributed by atoms with van der Waals surface area (Å²) in [5, 5.41) is 8.38. The zero-order valence-corrected chi connectivity index (χ0v) is 17.1. The van der Waals surface area contributed by atoms with Gasteiger partial charge >= 0.3 is 5.97 Å². The van der Waals surface area contributed by atoms with Crippen molar-refractivity contribution in [2.45, 2.75) is 26.8 Å². The highest BCUT2D eigenvalue weighted by atomic mass is 16.5. The number of aromatic amines is 1. The Hall–Kier alpha value is -3.48. The Morgan fingerprint density at radius 1 is 1.10 bits per heavy atom. The largest absolute Gasteiger partial charge is 0.465 e. The Bertz CT molecular complexity index is 1230. The number of hydrogen-bond acceptors (Lipinski definition) is 6. The van der Waals surface area contributed by atoms with Crippen LogP contribution in [0.2, 0.25) is 0 Å². The third kappa shape index (κ3) is 3.29. The Kier molecular flexibility index (Phi) is 4.66. The number of anilines is 1. The third-order valence-corrected chi connectivity index (χ3v) is 5.20. The van der Waals surface area contributed by atoms with Crippen LogP contribution in [0.15, 0.2) is 36.4 Å².